The average Bonchev–Trinajstić information content (AvgIpc) is 3.70. The third-order valence-corrected chi connectivity index (χ3v) is 10.1. The zero-order valence-electron chi connectivity index (χ0n) is 21.3. The Hall–Kier alpha value is -3.00. The number of carbonyl (C=O) groups is 2. The van der Waals surface area contributed by atoms with Gasteiger partial charge in [0.05, 0.1) is 24.1 Å². The van der Waals surface area contributed by atoms with Crippen molar-refractivity contribution < 1.29 is 57.3 Å². The second kappa shape index (κ2) is 10.8. The molecule has 0 bridgehead atoms. The molecule has 220 valence electrons. The van der Waals surface area contributed by atoms with Gasteiger partial charge in [-0.15, -0.1) is 0 Å². The number of piperidine rings is 1. The molecule has 1 saturated carbocycles. The van der Waals surface area contributed by atoms with Crippen molar-refractivity contribution in [2.45, 2.75) is 43.4 Å². The number of hydrogen-bond donors (Lipinski definition) is 5. The van der Waals surface area contributed by atoms with Gasteiger partial charge in [0.25, 0.3) is 0 Å². The van der Waals surface area contributed by atoms with Gasteiger partial charge in [0, 0.05) is 32.4 Å². The maximum atomic E-state index is 15.6. The highest BCUT2D eigenvalue weighted by Gasteiger charge is 2.48. The first-order valence-corrected chi connectivity index (χ1v) is 15.4. The molecule has 1 aromatic carbocycles. The topological polar surface area (TPSA) is 216 Å². The number of benzene rings is 1. The number of anilines is 1. The van der Waals surface area contributed by atoms with E-state index in [-0.39, 0.29) is 41.5 Å². The number of methoxy groups -OCH3 is 1. The summed E-state index contributed by atoms with van der Waals surface area (Å²) in [6.07, 6.45) is 1.99. The lowest BCUT2D eigenvalue weighted by atomic mass is 10.0. The molecule has 40 heavy (non-hydrogen) atoms. The van der Waals surface area contributed by atoms with Crippen LogP contribution in [-0.4, -0.2) is 85.1 Å². The molecule has 2 aliphatic rings. The number of aromatic nitrogens is 1. The van der Waals surface area contributed by atoms with Crippen molar-refractivity contribution >= 4 is 43.8 Å². The number of hydrogen-bond acceptors (Lipinski definition) is 8. The molecule has 2 fully saturated rings. The van der Waals surface area contributed by atoms with Crippen molar-refractivity contribution in [2.75, 3.05) is 32.1 Å². The summed E-state index contributed by atoms with van der Waals surface area (Å²) < 4.78 is 50.3. The molecular formula is C22H28FN3O12P2. The van der Waals surface area contributed by atoms with Crippen molar-refractivity contribution in [3.05, 3.63) is 33.9 Å². The molecule has 1 amide bonds. The predicted molar refractivity (Wildman–Crippen MR) is 137 cm³/mol. The van der Waals surface area contributed by atoms with Crippen LogP contribution in [0.5, 0.6) is 5.75 Å². The molecule has 2 aromatic rings. The van der Waals surface area contributed by atoms with Crippen LogP contribution in [0, 0.1) is 5.82 Å². The molecule has 18 heteroatoms. The van der Waals surface area contributed by atoms with Gasteiger partial charge in [0.2, 0.25) is 5.43 Å². The summed E-state index contributed by atoms with van der Waals surface area (Å²) in [7, 11) is -8.57. The molecule has 15 nitrogen and oxygen atoms in total. The van der Waals surface area contributed by atoms with Gasteiger partial charge in [-0.3, -0.25) is 13.9 Å². The molecule has 1 aliphatic heterocycles. The molecule has 1 atom stereocenters. The van der Waals surface area contributed by atoms with Crippen molar-refractivity contribution in [3.63, 3.8) is 0 Å². The molecule has 0 spiro atoms. The van der Waals surface area contributed by atoms with E-state index >= 15 is 4.39 Å². The number of rotatable bonds is 8. The van der Waals surface area contributed by atoms with E-state index in [9.17, 15) is 48.2 Å². The van der Waals surface area contributed by atoms with Gasteiger partial charge in [0.15, 0.2) is 11.6 Å². The van der Waals surface area contributed by atoms with Crippen LogP contribution in [0.3, 0.4) is 0 Å². The van der Waals surface area contributed by atoms with Gasteiger partial charge < -0.3 is 48.5 Å². The number of likely N-dealkylation sites (N-methyl/N-ethyl adjacent to an activating group) is 1. The summed E-state index contributed by atoms with van der Waals surface area (Å²) in [5, 5.41) is 9.33. The first-order chi connectivity index (χ1) is 18.6. The normalized spacial score (nSPS) is 18.2. The van der Waals surface area contributed by atoms with Crippen molar-refractivity contribution in [1.82, 2.24) is 9.47 Å². The molecule has 0 radical (unpaired) electrons. The first-order valence-electron chi connectivity index (χ1n) is 12.0. The standard InChI is InChI=1S/C22H28FN3O12P2/c1-24(21(30)38-22(39(31,32)33)40(34,35)36)12-4-3-7-25(9-12)17-15(23)8-13-16(19(17)37-2)26(11-5-6-11)10-14(18(13)27)20(28)29/h8,10-12,22H,3-7,9H2,1-2H3,(H,28,29)(H2,31,32,33)(H2,34,35,36). The Morgan fingerprint density at radius 1 is 1.15 bits per heavy atom. The number of aromatic carboxylic acids is 1. The lowest BCUT2D eigenvalue weighted by Crippen LogP contribution is -2.49. The highest BCUT2D eigenvalue weighted by atomic mass is 31.2. The van der Waals surface area contributed by atoms with E-state index in [1.54, 1.807) is 9.47 Å². The zero-order valence-corrected chi connectivity index (χ0v) is 23.1. The maximum Gasteiger partial charge on any atom is 0.411 e. The number of carboxylic acid groups (broad SMARTS) is 1. The minimum Gasteiger partial charge on any atom is -0.492 e. The molecule has 2 heterocycles. The van der Waals surface area contributed by atoms with Crippen LogP contribution >= 0.6 is 15.2 Å². The summed E-state index contributed by atoms with van der Waals surface area (Å²) in [5.74, 6) is -2.33. The largest absolute Gasteiger partial charge is 0.492 e. The van der Waals surface area contributed by atoms with E-state index in [1.165, 1.54) is 20.4 Å². The highest BCUT2D eigenvalue weighted by Crippen LogP contribution is 2.60. The molecule has 1 saturated heterocycles. The molecule has 1 unspecified atom stereocenters. The summed E-state index contributed by atoms with van der Waals surface area (Å²) >= 11 is 0. The van der Waals surface area contributed by atoms with E-state index in [0.29, 0.717) is 12.8 Å². The number of carbonyl (C=O) groups excluding carboxylic acids is 1. The number of pyridine rings is 1. The zero-order chi connectivity index (χ0) is 29.7. The lowest BCUT2D eigenvalue weighted by Gasteiger charge is -2.39. The summed E-state index contributed by atoms with van der Waals surface area (Å²) in [6, 6.07) is 0.0993. The summed E-state index contributed by atoms with van der Waals surface area (Å²) in [5.41, 5.74) is -4.18. The third kappa shape index (κ3) is 5.73. The number of nitrogens with zero attached hydrogens (tertiary/aromatic N) is 3. The summed E-state index contributed by atoms with van der Waals surface area (Å²) in [6.45, 7) is 0.244. The molecule has 5 N–H and O–H groups in total. The Balaban J connectivity index is 1.71. The number of amides is 1. The van der Waals surface area contributed by atoms with Crippen molar-refractivity contribution in [2.24, 2.45) is 0 Å². The third-order valence-electron chi connectivity index (χ3n) is 6.90. The van der Waals surface area contributed by atoms with Crippen LogP contribution in [0.15, 0.2) is 17.1 Å². The number of ether oxygens (including phenoxy) is 2. The second-order valence-electron chi connectivity index (χ2n) is 9.69. The van der Waals surface area contributed by atoms with Gasteiger partial charge in [-0.25, -0.2) is 14.0 Å². The highest BCUT2D eigenvalue weighted by molar-refractivity contribution is 7.70. The Morgan fingerprint density at radius 3 is 2.30 bits per heavy atom. The van der Waals surface area contributed by atoms with Crippen LogP contribution in [0.1, 0.15) is 42.1 Å². The Labute approximate surface area is 226 Å². The molecular weight excluding hydrogens is 579 g/mol. The van der Waals surface area contributed by atoms with Gasteiger partial charge in [-0.05, 0) is 31.7 Å². The maximum absolute atomic E-state index is 15.6. The predicted octanol–water partition coefficient (Wildman–Crippen LogP) is 1.86. The quantitative estimate of drug-likeness (QED) is 0.271. The van der Waals surface area contributed by atoms with E-state index in [2.05, 4.69) is 4.74 Å². The van der Waals surface area contributed by atoms with Gasteiger partial charge in [-0.1, -0.05) is 0 Å². The van der Waals surface area contributed by atoms with Crippen LogP contribution in [0.25, 0.3) is 10.9 Å². The average molecular weight is 607 g/mol. The van der Waals surface area contributed by atoms with Crippen LogP contribution in [0.2, 0.25) is 0 Å². The number of halogens is 1. The Morgan fingerprint density at radius 2 is 1.77 bits per heavy atom. The van der Waals surface area contributed by atoms with Crippen LogP contribution in [0.4, 0.5) is 14.9 Å². The number of carboxylic acids is 1. The molecule has 1 aromatic heterocycles. The van der Waals surface area contributed by atoms with Gasteiger partial charge in [-0.2, -0.15) is 0 Å². The Bertz CT molecular complexity index is 1490. The van der Waals surface area contributed by atoms with Crippen LogP contribution < -0.4 is 15.1 Å². The minimum absolute atomic E-state index is 0.00937. The van der Waals surface area contributed by atoms with E-state index in [1.807, 2.05) is 0 Å². The SMILES string of the molecule is COc1c(N2CCCC(N(C)C(=O)OC(P(=O)(O)O)P(=O)(O)O)C2)c(F)cc2c(=O)c(C(=O)O)cn(C3CC3)c12. The summed E-state index contributed by atoms with van der Waals surface area (Å²) in [4.78, 5) is 76.7. The second-order valence-corrected chi connectivity index (χ2v) is 13.4. The smallest absolute Gasteiger partial charge is 0.411 e. The molecule has 1 aliphatic carbocycles. The Kier molecular flexibility index (Phi) is 8.07. The monoisotopic (exact) mass is 607 g/mol. The van der Waals surface area contributed by atoms with Crippen molar-refractivity contribution in [1.29, 1.82) is 0 Å². The van der Waals surface area contributed by atoms with Crippen molar-refractivity contribution in [3.8, 4) is 5.75 Å². The fourth-order valence-corrected chi connectivity index (χ4v) is 6.88. The van der Waals surface area contributed by atoms with E-state index in [4.69, 9.17) is 4.74 Å². The van der Waals surface area contributed by atoms with Crippen LogP contribution in [-0.2, 0) is 13.9 Å². The van der Waals surface area contributed by atoms with E-state index < -0.39 is 55.7 Å². The van der Waals surface area contributed by atoms with E-state index in [0.717, 1.165) is 23.8 Å². The first kappa shape index (κ1) is 30.0. The fraction of sp³-hybridized carbons (Fsp3) is 0.500. The molecule has 4 rings (SSSR count). The van der Waals surface area contributed by atoms with Gasteiger partial charge in [0.1, 0.15) is 11.3 Å². The number of fused-ring (bicyclic) bond motifs is 1. The fourth-order valence-electron chi connectivity index (χ4n) is 4.85. The van der Waals surface area contributed by atoms with Gasteiger partial charge >= 0.3 is 32.8 Å². The minimum atomic E-state index is -5.53. The lowest BCUT2D eigenvalue weighted by molar-refractivity contribution is 0.0694.